The van der Waals surface area contributed by atoms with E-state index in [9.17, 15) is 27.9 Å². The fraction of sp³-hybridized carbons (Fsp3) is 0.368. The van der Waals surface area contributed by atoms with Crippen LogP contribution in [0.3, 0.4) is 0 Å². The summed E-state index contributed by atoms with van der Waals surface area (Å²) in [5.74, 6) is -5.63. The number of cyclic esters (lactones) is 2. The number of nitrogens with one attached hydrogen (secondary N) is 1. The van der Waals surface area contributed by atoms with Gasteiger partial charge in [0.05, 0.1) is 16.5 Å². The van der Waals surface area contributed by atoms with Crippen molar-refractivity contribution in [1.82, 2.24) is 9.97 Å². The Bertz CT molecular complexity index is 1020. The van der Waals surface area contributed by atoms with Crippen molar-refractivity contribution >= 4 is 34.6 Å². The first-order valence-corrected chi connectivity index (χ1v) is 9.30. The topological polar surface area (TPSA) is 137 Å². The highest BCUT2D eigenvalue weighted by Crippen LogP contribution is 2.38. The van der Waals surface area contributed by atoms with E-state index in [2.05, 4.69) is 15.3 Å². The van der Waals surface area contributed by atoms with Gasteiger partial charge in [0.2, 0.25) is 5.95 Å². The van der Waals surface area contributed by atoms with Gasteiger partial charge in [-0.05, 0) is 18.6 Å². The highest BCUT2D eigenvalue weighted by atomic mass is 19.4. The Morgan fingerprint density at radius 2 is 1.84 bits per heavy atom. The number of carbonyl (C=O) groups excluding carboxylic acids is 2. The van der Waals surface area contributed by atoms with Gasteiger partial charge in [0.15, 0.2) is 0 Å². The molecule has 0 saturated carbocycles. The SMILES string of the molecule is CCCC[C@@H](Nc1nc(N)nc2cccc(C(F)(F)F)c12)C1(O)OC(=O)C=CC(=O)O1. The van der Waals surface area contributed by atoms with Gasteiger partial charge in [0.1, 0.15) is 11.9 Å². The van der Waals surface area contributed by atoms with E-state index in [0.29, 0.717) is 12.8 Å². The summed E-state index contributed by atoms with van der Waals surface area (Å²) in [5.41, 5.74) is 4.52. The zero-order valence-electron chi connectivity index (χ0n) is 16.3. The number of anilines is 2. The summed E-state index contributed by atoms with van der Waals surface area (Å²) in [5, 5.41) is 13.0. The minimum Gasteiger partial charge on any atom is -0.393 e. The third kappa shape index (κ3) is 4.85. The quantitative estimate of drug-likeness (QED) is 0.579. The van der Waals surface area contributed by atoms with Gasteiger partial charge in [-0.1, -0.05) is 25.8 Å². The molecule has 0 bridgehead atoms. The van der Waals surface area contributed by atoms with Gasteiger partial charge in [-0.2, -0.15) is 18.2 Å². The van der Waals surface area contributed by atoms with Gasteiger partial charge in [0, 0.05) is 12.2 Å². The molecule has 12 heteroatoms. The summed E-state index contributed by atoms with van der Waals surface area (Å²) < 4.78 is 50.6. The molecule has 4 N–H and O–H groups in total. The van der Waals surface area contributed by atoms with E-state index >= 15 is 0 Å². The lowest BCUT2D eigenvalue weighted by atomic mass is 10.1. The Balaban J connectivity index is 2.12. The minimum absolute atomic E-state index is 0.0488. The predicted octanol–water partition coefficient (Wildman–Crippen LogP) is 2.50. The molecule has 2 heterocycles. The molecule has 1 aromatic heterocycles. The van der Waals surface area contributed by atoms with Crippen molar-refractivity contribution in [1.29, 1.82) is 0 Å². The number of fused-ring (bicyclic) bond motifs is 1. The Morgan fingerprint density at radius 3 is 2.42 bits per heavy atom. The number of carbonyl (C=O) groups is 2. The molecule has 0 spiro atoms. The molecule has 3 rings (SSSR count). The number of hydrogen-bond acceptors (Lipinski definition) is 9. The Hall–Kier alpha value is -3.41. The lowest BCUT2D eigenvalue weighted by Crippen LogP contribution is -2.52. The summed E-state index contributed by atoms with van der Waals surface area (Å²) in [6.45, 7) is 1.83. The van der Waals surface area contributed by atoms with Gasteiger partial charge in [0.25, 0.3) is 0 Å². The van der Waals surface area contributed by atoms with Crippen molar-refractivity contribution in [3.05, 3.63) is 35.9 Å². The molecule has 2 aromatic rings. The monoisotopic (exact) mass is 440 g/mol. The number of benzene rings is 1. The molecule has 1 aliphatic heterocycles. The molecule has 9 nitrogen and oxygen atoms in total. The maximum Gasteiger partial charge on any atom is 0.417 e. The zero-order valence-corrected chi connectivity index (χ0v) is 16.3. The van der Waals surface area contributed by atoms with E-state index in [0.717, 1.165) is 18.2 Å². The second kappa shape index (κ2) is 8.38. The number of rotatable bonds is 6. The number of unbranched alkanes of at least 4 members (excludes halogenated alkanes) is 1. The molecule has 0 unspecified atom stereocenters. The summed E-state index contributed by atoms with van der Waals surface area (Å²) in [7, 11) is 0. The Morgan fingerprint density at radius 1 is 1.19 bits per heavy atom. The van der Waals surface area contributed by atoms with Crippen LogP contribution in [0.4, 0.5) is 24.9 Å². The van der Waals surface area contributed by atoms with Crippen molar-refractivity contribution in [2.45, 2.75) is 44.4 Å². The number of nitrogens with zero attached hydrogens (tertiary/aromatic N) is 2. The van der Waals surface area contributed by atoms with Crippen LogP contribution in [0.5, 0.6) is 0 Å². The van der Waals surface area contributed by atoms with Crippen LogP contribution in [0.15, 0.2) is 30.4 Å². The number of aliphatic hydroxyl groups is 1. The Labute approximate surface area is 174 Å². The van der Waals surface area contributed by atoms with E-state index in [1.165, 1.54) is 12.1 Å². The molecule has 0 fully saturated rings. The van der Waals surface area contributed by atoms with E-state index in [1.807, 2.05) is 6.92 Å². The van der Waals surface area contributed by atoms with Crippen molar-refractivity contribution in [2.24, 2.45) is 0 Å². The maximum atomic E-state index is 13.6. The number of esters is 2. The van der Waals surface area contributed by atoms with Gasteiger partial charge >= 0.3 is 24.1 Å². The normalized spacial score (nSPS) is 17.1. The third-order valence-electron chi connectivity index (χ3n) is 4.49. The number of alkyl halides is 3. The third-order valence-corrected chi connectivity index (χ3v) is 4.49. The lowest BCUT2D eigenvalue weighted by Gasteiger charge is -2.33. The number of hydrogen-bond donors (Lipinski definition) is 3. The van der Waals surface area contributed by atoms with Crippen LogP contribution in [0.25, 0.3) is 10.9 Å². The summed E-state index contributed by atoms with van der Waals surface area (Å²) in [6.07, 6.45) is -2.11. The van der Waals surface area contributed by atoms with Crippen molar-refractivity contribution in [3.63, 3.8) is 0 Å². The number of halogens is 3. The highest BCUT2D eigenvalue weighted by molar-refractivity contribution is 5.94. The fourth-order valence-corrected chi connectivity index (χ4v) is 3.12. The maximum absolute atomic E-state index is 13.6. The molecular formula is C19H19F3N4O5. The van der Waals surface area contributed by atoms with Gasteiger partial charge in [-0.15, -0.1) is 0 Å². The van der Waals surface area contributed by atoms with Crippen LogP contribution in [0.2, 0.25) is 0 Å². The van der Waals surface area contributed by atoms with Crippen molar-refractivity contribution in [2.75, 3.05) is 11.1 Å². The van der Waals surface area contributed by atoms with Crippen molar-refractivity contribution in [3.8, 4) is 0 Å². The van der Waals surface area contributed by atoms with Crippen LogP contribution in [-0.2, 0) is 25.2 Å². The average molecular weight is 440 g/mol. The smallest absolute Gasteiger partial charge is 0.393 e. The fourth-order valence-electron chi connectivity index (χ4n) is 3.12. The molecule has 0 amide bonds. The summed E-state index contributed by atoms with van der Waals surface area (Å²) >= 11 is 0. The molecule has 0 radical (unpaired) electrons. The molecule has 1 aromatic carbocycles. The van der Waals surface area contributed by atoms with Crippen LogP contribution in [0, 0.1) is 0 Å². The molecule has 166 valence electrons. The van der Waals surface area contributed by atoms with Crippen LogP contribution < -0.4 is 11.1 Å². The number of aromatic nitrogens is 2. The lowest BCUT2D eigenvalue weighted by molar-refractivity contribution is -0.326. The highest BCUT2D eigenvalue weighted by Gasteiger charge is 2.46. The number of ether oxygens (including phenoxy) is 2. The van der Waals surface area contributed by atoms with Crippen LogP contribution in [-0.4, -0.2) is 39.0 Å². The molecular weight excluding hydrogens is 421 g/mol. The van der Waals surface area contributed by atoms with E-state index in [4.69, 9.17) is 15.2 Å². The predicted molar refractivity (Wildman–Crippen MR) is 102 cm³/mol. The molecule has 0 aliphatic carbocycles. The van der Waals surface area contributed by atoms with E-state index < -0.39 is 41.1 Å². The molecule has 31 heavy (non-hydrogen) atoms. The van der Waals surface area contributed by atoms with Crippen LogP contribution >= 0.6 is 0 Å². The van der Waals surface area contributed by atoms with E-state index in [1.54, 1.807) is 0 Å². The van der Waals surface area contributed by atoms with Crippen molar-refractivity contribution < 1.29 is 37.3 Å². The minimum atomic E-state index is -4.74. The first kappa shape index (κ1) is 22.3. The van der Waals surface area contributed by atoms with Gasteiger partial charge < -0.3 is 25.6 Å². The van der Waals surface area contributed by atoms with Gasteiger partial charge in [-0.25, -0.2) is 14.6 Å². The molecule has 0 saturated heterocycles. The molecule has 1 atom stereocenters. The van der Waals surface area contributed by atoms with E-state index in [-0.39, 0.29) is 23.7 Å². The largest absolute Gasteiger partial charge is 0.417 e. The number of nitrogen functional groups attached to an aromatic ring is 1. The first-order chi connectivity index (χ1) is 14.5. The standard InChI is InChI=1S/C19H19F3N4O5/c1-2-3-7-12(19(29)30-13(27)8-9-14(28)31-19)25-16-15-10(18(20,21)22)5-4-6-11(15)24-17(23)26-16/h4-6,8-9,12,29H,2-3,7H2,1H3,(H3,23,24,25,26)/t12-/m1/s1. The van der Waals surface area contributed by atoms with Gasteiger partial charge in [-0.3, -0.25) is 0 Å². The second-order valence-corrected chi connectivity index (χ2v) is 6.77. The first-order valence-electron chi connectivity index (χ1n) is 9.30. The average Bonchev–Trinajstić information content (AvgIpc) is 2.81. The summed E-state index contributed by atoms with van der Waals surface area (Å²) in [4.78, 5) is 31.3. The number of nitrogens with two attached hydrogens (primary N) is 1. The van der Waals surface area contributed by atoms with Crippen LogP contribution in [0.1, 0.15) is 31.7 Å². The molecule has 1 aliphatic rings. The zero-order chi connectivity index (χ0) is 22.8. The Kier molecular flexibility index (Phi) is 6.02. The second-order valence-electron chi connectivity index (χ2n) is 6.77. The summed E-state index contributed by atoms with van der Waals surface area (Å²) in [6, 6.07) is 1.97.